The van der Waals surface area contributed by atoms with Gasteiger partial charge >= 0.3 is 0 Å². The molecule has 0 aromatic heterocycles. The fraction of sp³-hybridized carbons (Fsp3) is 0.571. The zero-order chi connectivity index (χ0) is 12.3. The summed E-state index contributed by atoms with van der Waals surface area (Å²) in [5, 5.41) is 3.30. The third kappa shape index (κ3) is 2.12. The fourth-order valence-corrected chi connectivity index (χ4v) is 2.72. The minimum absolute atomic E-state index is 0.256. The number of rotatable bonds is 5. The van der Waals surface area contributed by atoms with Crippen LogP contribution in [0.25, 0.3) is 0 Å². The molecule has 94 valence electrons. The van der Waals surface area contributed by atoms with Crippen molar-refractivity contribution in [2.24, 2.45) is 0 Å². The van der Waals surface area contributed by atoms with Gasteiger partial charge in [-0.3, -0.25) is 0 Å². The normalized spacial score (nSPS) is 17.4. The molecule has 0 unspecified atom stereocenters. The van der Waals surface area contributed by atoms with Crippen LogP contribution in [-0.4, -0.2) is 27.8 Å². The highest BCUT2D eigenvalue weighted by molar-refractivity contribution is 5.46. The van der Waals surface area contributed by atoms with Gasteiger partial charge in [0, 0.05) is 23.6 Å². The summed E-state index contributed by atoms with van der Waals surface area (Å²) in [7, 11) is 5.42. The Morgan fingerprint density at radius 2 is 2.00 bits per heavy atom. The van der Waals surface area contributed by atoms with Crippen molar-refractivity contribution in [1.82, 2.24) is 5.32 Å². The summed E-state index contributed by atoms with van der Waals surface area (Å²) >= 11 is 0. The monoisotopic (exact) mass is 235 g/mol. The molecule has 0 saturated heterocycles. The van der Waals surface area contributed by atoms with Crippen LogP contribution >= 0.6 is 0 Å². The first-order chi connectivity index (χ1) is 8.25. The fourth-order valence-electron chi connectivity index (χ4n) is 2.72. The SMILES string of the molecule is CNCC1(c2ccc(OC)cc2OC)CCC1. The Morgan fingerprint density at radius 3 is 2.47 bits per heavy atom. The van der Waals surface area contributed by atoms with Gasteiger partial charge in [0.25, 0.3) is 0 Å². The second kappa shape index (κ2) is 4.96. The molecule has 17 heavy (non-hydrogen) atoms. The van der Waals surface area contributed by atoms with Gasteiger partial charge in [-0.15, -0.1) is 0 Å². The number of likely N-dealkylation sites (N-methyl/N-ethyl adjacent to an activating group) is 1. The molecule has 0 aliphatic heterocycles. The molecule has 1 fully saturated rings. The summed E-state index contributed by atoms with van der Waals surface area (Å²) in [6.07, 6.45) is 3.77. The Labute approximate surface area is 103 Å². The van der Waals surface area contributed by atoms with E-state index in [2.05, 4.69) is 11.4 Å². The second-order valence-electron chi connectivity index (χ2n) is 4.73. The molecule has 0 heterocycles. The van der Waals surface area contributed by atoms with E-state index in [1.54, 1.807) is 14.2 Å². The second-order valence-corrected chi connectivity index (χ2v) is 4.73. The molecule has 3 heteroatoms. The molecule has 1 aromatic rings. The average Bonchev–Trinajstić information content (AvgIpc) is 2.33. The first kappa shape index (κ1) is 12.2. The zero-order valence-electron chi connectivity index (χ0n) is 10.9. The van der Waals surface area contributed by atoms with Gasteiger partial charge in [-0.05, 0) is 26.0 Å². The molecule has 0 atom stereocenters. The summed E-state index contributed by atoms with van der Waals surface area (Å²) in [5.41, 5.74) is 1.56. The molecular formula is C14H21NO2. The van der Waals surface area contributed by atoms with Crippen molar-refractivity contribution >= 4 is 0 Å². The van der Waals surface area contributed by atoms with Gasteiger partial charge in [-0.2, -0.15) is 0 Å². The lowest BCUT2D eigenvalue weighted by atomic mass is 9.64. The van der Waals surface area contributed by atoms with Crippen LogP contribution in [0.2, 0.25) is 0 Å². The van der Waals surface area contributed by atoms with E-state index in [4.69, 9.17) is 9.47 Å². The van der Waals surface area contributed by atoms with Gasteiger partial charge in [0.05, 0.1) is 14.2 Å². The predicted octanol–water partition coefficient (Wildman–Crippen LogP) is 2.34. The largest absolute Gasteiger partial charge is 0.497 e. The highest BCUT2D eigenvalue weighted by atomic mass is 16.5. The summed E-state index contributed by atoms with van der Waals surface area (Å²) in [6.45, 7) is 1.01. The van der Waals surface area contributed by atoms with Crippen LogP contribution in [-0.2, 0) is 5.41 Å². The van der Waals surface area contributed by atoms with Crippen molar-refractivity contribution in [3.05, 3.63) is 23.8 Å². The standard InChI is InChI=1S/C14H21NO2/c1-15-10-14(7-4-8-14)12-6-5-11(16-2)9-13(12)17-3/h5-6,9,15H,4,7-8,10H2,1-3H3. The molecule has 0 spiro atoms. The van der Waals surface area contributed by atoms with Crippen molar-refractivity contribution in [2.45, 2.75) is 24.7 Å². The molecule has 0 radical (unpaired) electrons. The van der Waals surface area contributed by atoms with E-state index in [0.717, 1.165) is 18.0 Å². The van der Waals surface area contributed by atoms with Crippen LogP contribution in [0.3, 0.4) is 0 Å². The van der Waals surface area contributed by atoms with E-state index >= 15 is 0 Å². The molecule has 2 rings (SSSR count). The van der Waals surface area contributed by atoms with Gasteiger partial charge in [0.1, 0.15) is 11.5 Å². The lowest BCUT2D eigenvalue weighted by Crippen LogP contribution is -2.43. The summed E-state index contributed by atoms with van der Waals surface area (Å²) in [6, 6.07) is 6.15. The van der Waals surface area contributed by atoms with Gasteiger partial charge in [-0.25, -0.2) is 0 Å². The Morgan fingerprint density at radius 1 is 1.24 bits per heavy atom. The number of hydrogen-bond acceptors (Lipinski definition) is 3. The minimum Gasteiger partial charge on any atom is -0.497 e. The van der Waals surface area contributed by atoms with Crippen LogP contribution in [0, 0.1) is 0 Å². The van der Waals surface area contributed by atoms with Crippen LogP contribution in [0.5, 0.6) is 11.5 Å². The first-order valence-electron chi connectivity index (χ1n) is 6.13. The van der Waals surface area contributed by atoms with E-state index in [1.165, 1.54) is 24.8 Å². The van der Waals surface area contributed by atoms with Gasteiger partial charge in [0.2, 0.25) is 0 Å². The molecule has 0 amide bonds. The maximum atomic E-state index is 5.51. The maximum Gasteiger partial charge on any atom is 0.126 e. The van der Waals surface area contributed by atoms with Crippen LogP contribution in [0.1, 0.15) is 24.8 Å². The van der Waals surface area contributed by atoms with E-state index in [0.29, 0.717) is 0 Å². The van der Waals surface area contributed by atoms with Crippen molar-refractivity contribution in [2.75, 3.05) is 27.8 Å². The molecule has 0 bridgehead atoms. The van der Waals surface area contributed by atoms with Gasteiger partial charge < -0.3 is 14.8 Å². The van der Waals surface area contributed by atoms with E-state index in [1.807, 2.05) is 19.2 Å². The maximum absolute atomic E-state index is 5.51. The third-order valence-electron chi connectivity index (χ3n) is 3.81. The lowest BCUT2D eigenvalue weighted by molar-refractivity contribution is 0.230. The van der Waals surface area contributed by atoms with Crippen molar-refractivity contribution in [3.63, 3.8) is 0 Å². The average molecular weight is 235 g/mol. The third-order valence-corrected chi connectivity index (χ3v) is 3.81. The molecule has 1 saturated carbocycles. The topological polar surface area (TPSA) is 30.5 Å². The van der Waals surface area contributed by atoms with Crippen LogP contribution in [0.4, 0.5) is 0 Å². The first-order valence-corrected chi connectivity index (χ1v) is 6.13. The molecule has 3 nitrogen and oxygen atoms in total. The molecule has 1 N–H and O–H groups in total. The number of benzene rings is 1. The molecule has 1 aromatic carbocycles. The summed E-state index contributed by atoms with van der Waals surface area (Å²) in [5.74, 6) is 1.80. The Balaban J connectivity index is 2.36. The Kier molecular flexibility index (Phi) is 3.57. The van der Waals surface area contributed by atoms with Crippen LogP contribution in [0.15, 0.2) is 18.2 Å². The van der Waals surface area contributed by atoms with Gasteiger partial charge in [-0.1, -0.05) is 12.5 Å². The van der Waals surface area contributed by atoms with Crippen molar-refractivity contribution in [3.8, 4) is 11.5 Å². The molecular weight excluding hydrogens is 214 g/mol. The van der Waals surface area contributed by atoms with Gasteiger partial charge in [0.15, 0.2) is 0 Å². The quantitative estimate of drug-likeness (QED) is 0.849. The zero-order valence-corrected chi connectivity index (χ0v) is 10.9. The van der Waals surface area contributed by atoms with E-state index in [9.17, 15) is 0 Å². The Bertz CT molecular complexity index is 386. The van der Waals surface area contributed by atoms with E-state index in [-0.39, 0.29) is 5.41 Å². The lowest BCUT2D eigenvalue weighted by Gasteiger charge is -2.43. The summed E-state index contributed by atoms with van der Waals surface area (Å²) < 4.78 is 10.7. The predicted molar refractivity (Wildman–Crippen MR) is 69.0 cm³/mol. The Hall–Kier alpha value is -1.22. The number of hydrogen-bond donors (Lipinski definition) is 1. The molecule has 1 aliphatic rings. The minimum atomic E-state index is 0.256. The van der Waals surface area contributed by atoms with Crippen molar-refractivity contribution < 1.29 is 9.47 Å². The highest BCUT2D eigenvalue weighted by Gasteiger charge is 2.40. The highest BCUT2D eigenvalue weighted by Crippen LogP contribution is 2.47. The number of nitrogens with one attached hydrogen (secondary N) is 1. The molecule has 1 aliphatic carbocycles. The number of methoxy groups -OCH3 is 2. The number of ether oxygens (including phenoxy) is 2. The smallest absolute Gasteiger partial charge is 0.126 e. The summed E-state index contributed by atoms with van der Waals surface area (Å²) in [4.78, 5) is 0. The van der Waals surface area contributed by atoms with Crippen molar-refractivity contribution in [1.29, 1.82) is 0 Å². The van der Waals surface area contributed by atoms with Crippen LogP contribution < -0.4 is 14.8 Å². The van der Waals surface area contributed by atoms with E-state index < -0.39 is 0 Å².